The van der Waals surface area contributed by atoms with E-state index in [1.807, 2.05) is 48.5 Å². The normalized spacial score (nSPS) is 11.5. The summed E-state index contributed by atoms with van der Waals surface area (Å²) in [5, 5.41) is 24.0. The molecule has 0 spiro atoms. The fourth-order valence-electron chi connectivity index (χ4n) is 7.38. The molecule has 0 aliphatic carbocycles. The van der Waals surface area contributed by atoms with Crippen molar-refractivity contribution in [1.29, 1.82) is 0 Å². The highest BCUT2D eigenvalue weighted by Gasteiger charge is 2.34. The highest BCUT2D eigenvalue weighted by atomic mass is 16.3. The minimum atomic E-state index is -0.412. The van der Waals surface area contributed by atoms with Gasteiger partial charge in [0.25, 0.3) is 0 Å². The van der Waals surface area contributed by atoms with Crippen molar-refractivity contribution in [2.75, 3.05) is 0 Å². The molecule has 6 rings (SSSR count). The van der Waals surface area contributed by atoms with Gasteiger partial charge in [-0.2, -0.15) is 0 Å². The number of aryl methyl sites for hydroxylation is 4. The lowest BCUT2D eigenvalue weighted by atomic mass is 9.68. The van der Waals surface area contributed by atoms with Crippen LogP contribution in [0.4, 0.5) is 0 Å². The lowest BCUT2D eigenvalue weighted by molar-refractivity contribution is 0.464. The van der Waals surface area contributed by atoms with Crippen LogP contribution in [-0.4, -0.2) is 10.2 Å². The number of phenolic OH excluding ortho intramolecular Hbond substituents is 2. The van der Waals surface area contributed by atoms with Crippen LogP contribution >= 0.6 is 0 Å². The molecular formula is C45H44O2. The van der Waals surface area contributed by atoms with Crippen molar-refractivity contribution in [3.63, 3.8) is 0 Å². The molecule has 0 fully saturated rings. The van der Waals surface area contributed by atoms with E-state index in [9.17, 15) is 10.2 Å². The van der Waals surface area contributed by atoms with Crippen LogP contribution in [0.3, 0.4) is 0 Å². The minimum absolute atomic E-state index is 0.297. The minimum Gasteiger partial charge on any atom is -0.507 e. The van der Waals surface area contributed by atoms with Gasteiger partial charge in [0.1, 0.15) is 11.5 Å². The second-order valence-electron chi connectivity index (χ2n) is 12.9. The van der Waals surface area contributed by atoms with E-state index in [1.54, 1.807) is 0 Å². The predicted octanol–water partition coefficient (Wildman–Crippen LogP) is 12.1. The monoisotopic (exact) mass is 616 g/mol. The number of rotatable bonds is 8. The van der Waals surface area contributed by atoms with Gasteiger partial charge in [-0.1, -0.05) is 111 Å². The van der Waals surface area contributed by atoms with E-state index in [0.29, 0.717) is 11.5 Å². The van der Waals surface area contributed by atoms with E-state index in [2.05, 4.69) is 114 Å². The molecule has 0 heterocycles. The zero-order valence-electron chi connectivity index (χ0n) is 28.4. The summed E-state index contributed by atoms with van der Waals surface area (Å²) in [7, 11) is 0. The van der Waals surface area contributed by atoms with Crippen molar-refractivity contribution < 1.29 is 10.2 Å². The van der Waals surface area contributed by atoms with Gasteiger partial charge in [0.2, 0.25) is 0 Å². The van der Waals surface area contributed by atoms with Gasteiger partial charge in [0, 0.05) is 27.7 Å². The Kier molecular flexibility index (Phi) is 8.80. The number of phenols is 2. The van der Waals surface area contributed by atoms with Crippen LogP contribution in [0.1, 0.15) is 60.1 Å². The first-order valence-electron chi connectivity index (χ1n) is 16.7. The van der Waals surface area contributed by atoms with Gasteiger partial charge in [-0.05, 0) is 120 Å². The van der Waals surface area contributed by atoms with E-state index >= 15 is 0 Å². The molecule has 2 nitrogen and oxygen atoms in total. The predicted molar refractivity (Wildman–Crippen MR) is 198 cm³/mol. The molecular weight excluding hydrogens is 572 g/mol. The average molecular weight is 617 g/mol. The van der Waals surface area contributed by atoms with Crippen LogP contribution in [0, 0.1) is 27.7 Å². The molecule has 0 amide bonds. The van der Waals surface area contributed by atoms with Crippen molar-refractivity contribution in [2.45, 2.75) is 59.8 Å². The van der Waals surface area contributed by atoms with Gasteiger partial charge in [-0.15, -0.1) is 0 Å². The molecule has 0 aliphatic rings. The highest BCUT2D eigenvalue weighted by Crippen LogP contribution is 2.50. The van der Waals surface area contributed by atoms with Gasteiger partial charge in [-0.25, -0.2) is 0 Å². The van der Waals surface area contributed by atoms with Gasteiger partial charge in [0.15, 0.2) is 0 Å². The van der Waals surface area contributed by atoms with Crippen molar-refractivity contribution >= 4 is 0 Å². The van der Waals surface area contributed by atoms with Gasteiger partial charge in [-0.3, -0.25) is 0 Å². The van der Waals surface area contributed by atoms with Crippen LogP contribution < -0.4 is 0 Å². The zero-order valence-corrected chi connectivity index (χ0v) is 28.4. The largest absolute Gasteiger partial charge is 0.507 e. The molecule has 0 aliphatic heterocycles. The molecule has 2 N–H and O–H groups in total. The molecule has 0 radical (unpaired) electrons. The second kappa shape index (κ2) is 13.0. The van der Waals surface area contributed by atoms with E-state index in [4.69, 9.17) is 0 Å². The SMILES string of the molecule is CCC(CC)(c1cc(-c2ccccc2C)c(O)c(-c2ccccc2C)c1)c1cc(-c2ccccc2C)c(O)c(-c2ccccc2C)c1. The first-order valence-corrected chi connectivity index (χ1v) is 16.7. The fraction of sp³-hybridized carbons (Fsp3) is 0.200. The molecule has 236 valence electrons. The molecule has 0 saturated carbocycles. The smallest absolute Gasteiger partial charge is 0.131 e. The molecule has 6 aromatic rings. The first kappa shape index (κ1) is 31.9. The topological polar surface area (TPSA) is 40.5 Å². The van der Waals surface area contributed by atoms with Crippen LogP contribution in [0.2, 0.25) is 0 Å². The summed E-state index contributed by atoms with van der Waals surface area (Å²) >= 11 is 0. The Balaban J connectivity index is 1.71. The third-order valence-electron chi connectivity index (χ3n) is 10.3. The molecule has 2 heteroatoms. The molecule has 6 aromatic carbocycles. The van der Waals surface area contributed by atoms with Crippen LogP contribution in [0.5, 0.6) is 11.5 Å². The van der Waals surface area contributed by atoms with Gasteiger partial charge >= 0.3 is 0 Å². The van der Waals surface area contributed by atoms with Crippen molar-refractivity contribution in [3.8, 4) is 56.0 Å². The summed E-state index contributed by atoms with van der Waals surface area (Å²) in [6.07, 6.45) is 1.67. The lowest BCUT2D eigenvalue weighted by Gasteiger charge is -2.36. The quantitative estimate of drug-likeness (QED) is 0.179. The maximum atomic E-state index is 12.0. The van der Waals surface area contributed by atoms with Crippen molar-refractivity contribution in [2.24, 2.45) is 0 Å². The van der Waals surface area contributed by atoms with Crippen molar-refractivity contribution in [1.82, 2.24) is 0 Å². The fourth-order valence-corrected chi connectivity index (χ4v) is 7.38. The first-order chi connectivity index (χ1) is 22.7. The van der Waals surface area contributed by atoms with Gasteiger partial charge in [0.05, 0.1) is 0 Å². The standard InChI is InChI=1S/C45H44O2/c1-7-45(8-2,33-25-39(35-21-13-9-17-29(35)3)43(46)40(26-33)36-22-14-10-18-30(36)4)34-27-41(37-23-15-11-19-31(37)5)44(47)42(28-34)38-24-16-12-20-32(38)6/h9-28,46-47H,7-8H2,1-6H3. The molecule has 0 bridgehead atoms. The second-order valence-corrected chi connectivity index (χ2v) is 12.9. The maximum Gasteiger partial charge on any atom is 0.131 e. The molecule has 47 heavy (non-hydrogen) atoms. The summed E-state index contributed by atoms with van der Waals surface area (Å²) < 4.78 is 0. The molecule has 0 unspecified atom stereocenters. The van der Waals surface area contributed by atoms with Gasteiger partial charge < -0.3 is 10.2 Å². The Bertz CT molecular complexity index is 1800. The van der Waals surface area contributed by atoms with Crippen LogP contribution in [0.15, 0.2) is 121 Å². The van der Waals surface area contributed by atoms with Crippen LogP contribution in [0.25, 0.3) is 44.5 Å². The number of hydrogen-bond donors (Lipinski definition) is 2. The van der Waals surface area contributed by atoms with E-state index < -0.39 is 5.41 Å². The maximum absolute atomic E-state index is 12.0. The summed E-state index contributed by atoms with van der Waals surface area (Å²) in [6, 6.07) is 42.0. The van der Waals surface area contributed by atoms with E-state index in [0.717, 1.165) is 90.7 Å². The third kappa shape index (κ3) is 5.63. The molecule has 0 aromatic heterocycles. The number of hydrogen-bond acceptors (Lipinski definition) is 2. The third-order valence-corrected chi connectivity index (χ3v) is 10.3. The Morgan fingerprint density at radius 2 is 0.617 bits per heavy atom. The van der Waals surface area contributed by atoms with Crippen LogP contribution in [-0.2, 0) is 5.41 Å². The lowest BCUT2D eigenvalue weighted by Crippen LogP contribution is -2.26. The molecule has 0 saturated heterocycles. The number of aromatic hydroxyl groups is 2. The summed E-state index contributed by atoms with van der Waals surface area (Å²) in [6.45, 7) is 12.9. The average Bonchev–Trinajstić information content (AvgIpc) is 3.08. The number of benzene rings is 6. The Morgan fingerprint density at radius 1 is 0.383 bits per heavy atom. The zero-order chi connectivity index (χ0) is 33.3. The highest BCUT2D eigenvalue weighted by molar-refractivity contribution is 5.88. The van der Waals surface area contributed by atoms with Crippen molar-refractivity contribution in [3.05, 3.63) is 155 Å². The molecule has 0 atom stereocenters. The Labute approximate surface area is 280 Å². The Hall–Kier alpha value is -5.08. The summed E-state index contributed by atoms with van der Waals surface area (Å²) in [5.74, 6) is 0.593. The summed E-state index contributed by atoms with van der Waals surface area (Å²) in [5.41, 5.74) is 13.8. The van der Waals surface area contributed by atoms with E-state index in [-0.39, 0.29) is 0 Å². The Morgan fingerprint density at radius 3 is 0.830 bits per heavy atom. The van der Waals surface area contributed by atoms with E-state index in [1.165, 1.54) is 0 Å². The summed E-state index contributed by atoms with van der Waals surface area (Å²) in [4.78, 5) is 0.